The molecule has 0 saturated carbocycles. The highest BCUT2D eigenvalue weighted by atomic mass is 16.2. The number of nitrogens with two attached hydrogens (primary N) is 1. The predicted octanol–water partition coefficient (Wildman–Crippen LogP) is 1.63. The standard InChI is InChI=1S/C15H18N4O2/c1-10-8-17-19(9-10)7-6-13(20)18-12-5-3-4-11(2)14(12)15(16)21/h3-5,8-9H,6-7H2,1-2H3,(H2,16,21)(H,18,20). The van der Waals surface area contributed by atoms with Crippen LogP contribution in [0.1, 0.15) is 27.9 Å². The second-order valence-corrected chi connectivity index (χ2v) is 4.94. The van der Waals surface area contributed by atoms with E-state index in [2.05, 4.69) is 10.4 Å². The van der Waals surface area contributed by atoms with Crippen LogP contribution < -0.4 is 11.1 Å². The zero-order valence-electron chi connectivity index (χ0n) is 12.1. The molecule has 0 radical (unpaired) electrons. The monoisotopic (exact) mass is 286 g/mol. The molecule has 1 aromatic heterocycles. The van der Waals surface area contributed by atoms with Crippen molar-refractivity contribution in [2.45, 2.75) is 26.8 Å². The molecule has 3 N–H and O–H groups in total. The molecule has 0 aliphatic rings. The van der Waals surface area contributed by atoms with E-state index in [9.17, 15) is 9.59 Å². The van der Waals surface area contributed by atoms with Crippen LogP contribution in [0.5, 0.6) is 0 Å². The number of amides is 2. The third kappa shape index (κ3) is 3.68. The lowest BCUT2D eigenvalue weighted by atomic mass is 10.1. The number of rotatable bonds is 5. The fourth-order valence-corrected chi connectivity index (χ4v) is 2.12. The van der Waals surface area contributed by atoms with E-state index in [-0.39, 0.29) is 12.3 Å². The van der Waals surface area contributed by atoms with Crippen molar-refractivity contribution in [3.8, 4) is 0 Å². The van der Waals surface area contributed by atoms with Gasteiger partial charge in [-0.2, -0.15) is 5.10 Å². The summed E-state index contributed by atoms with van der Waals surface area (Å²) in [7, 11) is 0. The first-order valence-corrected chi connectivity index (χ1v) is 6.65. The zero-order chi connectivity index (χ0) is 15.4. The molecule has 2 amide bonds. The SMILES string of the molecule is Cc1cnn(CCC(=O)Nc2cccc(C)c2C(N)=O)c1. The van der Waals surface area contributed by atoms with Gasteiger partial charge in [-0.3, -0.25) is 14.3 Å². The van der Waals surface area contributed by atoms with Crippen LogP contribution in [-0.2, 0) is 11.3 Å². The van der Waals surface area contributed by atoms with Gasteiger partial charge in [0.2, 0.25) is 5.91 Å². The minimum atomic E-state index is -0.550. The van der Waals surface area contributed by atoms with Crippen molar-refractivity contribution < 1.29 is 9.59 Å². The van der Waals surface area contributed by atoms with Gasteiger partial charge in [0.25, 0.3) is 5.91 Å². The van der Waals surface area contributed by atoms with Crippen molar-refractivity contribution >= 4 is 17.5 Å². The van der Waals surface area contributed by atoms with E-state index in [4.69, 9.17) is 5.73 Å². The normalized spacial score (nSPS) is 10.4. The topological polar surface area (TPSA) is 90.0 Å². The molecule has 0 atom stereocenters. The van der Waals surface area contributed by atoms with E-state index < -0.39 is 5.91 Å². The molecule has 0 fully saturated rings. The Kier molecular flexibility index (Phi) is 4.37. The van der Waals surface area contributed by atoms with Crippen molar-refractivity contribution in [2.24, 2.45) is 5.73 Å². The van der Waals surface area contributed by atoms with Crippen molar-refractivity contribution in [3.05, 3.63) is 47.3 Å². The van der Waals surface area contributed by atoms with Gasteiger partial charge in [-0.05, 0) is 31.0 Å². The van der Waals surface area contributed by atoms with Gasteiger partial charge in [0.1, 0.15) is 0 Å². The molecule has 1 aromatic carbocycles. The molecule has 0 aliphatic carbocycles. The first-order valence-electron chi connectivity index (χ1n) is 6.65. The van der Waals surface area contributed by atoms with Crippen LogP contribution in [0.4, 0.5) is 5.69 Å². The highest BCUT2D eigenvalue weighted by Crippen LogP contribution is 2.19. The van der Waals surface area contributed by atoms with Gasteiger partial charge in [-0.25, -0.2) is 0 Å². The second-order valence-electron chi connectivity index (χ2n) is 4.94. The van der Waals surface area contributed by atoms with Gasteiger partial charge in [0.15, 0.2) is 0 Å². The Morgan fingerprint density at radius 1 is 1.33 bits per heavy atom. The summed E-state index contributed by atoms with van der Waals surface area (Å²) in [6.45, 7) is 4.20. The molecule has 0 unspecified atom stereocenters. The van der Waals surface area contributed by atoms with Crippen LogP contribution in [0.25, 0.3) is 0 Å². The first kappa shape index (κ1) is 14.8. The van der Waals surface area contributed by atoms with Crippen molar-refractivity contribution in [1.29, 1.82) is 0 Å². The van der Waals surface area contributed by atoms with Crippen LogP contribution >= 0.6 is 0 Å². The molecule has 2 rings (SSSR count). The Labute approximate surface area is 122 Å². The molecular weight excluding hydrogens is 268 g/mol. The summed E-state index contributed by atoms with van der Waals surface area (Å²) in [5, 5.41) is 6.85. The third-order valence-electron chi connectivity index (χ3n) is 3.12. The van der Waals surface area contributed by atoms with Gasteiger partial charge < -0.3 is 11.1 Å². The number of primary amides is 1. The van der Waals surface area contributed by atoms with Gasteiger partial charge in [0, 0.05) is 19.2 Å². The number of hydrogen-bond donors (Lipinski definition) is 2. The number of benzene rings is 1. The van der Waals surface area contributed by atoms with Crippen LogP contribution in [0.2, 0.25) is 0 Å². The Hall–Kier alpha value is -2.63. The fourth-order valence-electron chi connectivity index (χ4n) is 2.12. The summed E-state index contributed by atoms with van der Waals surface area (Å²) in [6, 6.07) is 5.22. The third-order valence-corrected chi connectivity index (χ3v) is 3.12. The average molecular weight is 286 g/mol. The van der Waals surface area contributed by atoms with E-state index in [0.29, 0.717) is 17.8 Å². The Morgan fingerprint density at radius 2 is 2.10 bits per heavy atom. The van der Waals surface area contributed by atoms with Crippen molar-refractivity contribution in [1.82, 2.24) is 9.78 Å². The lowest BCUT2D eigenvalue weighted by Crippen LogP contribution is -2.20. The van der Waals surface area contributed by atoms with Crippen LogP contribution in [-0.4, -0.2) is 21.6 Å². The maximum absolute atomic E-state index is 12.0. The van der Waals surface area contributed by atoms with Crippen LogP contribution in [0.3, 0.4) is 0 Å². The highest BCUT2D eigenvalue weighted by molar-refractivity contribution is 6.04. The lowest BCUT2D eigenvalue weighted by Gasteiger charge is -2.11. The molecule has 1 heterocycles. The number of carbonyl (C=O) groups excluding carboxylic acids is 2. The van der Waals surface area contributed by atoms with E-state index >= 15 is 0 Å². The fraction of sp³-hybridized carbons (Fsp3) is 0.267. The quantitative estimate of drug-likeness (QED) is 0.875. The summed E-state index contributed by atoms with van der Waals surface area (Å²) >= 11 is 0. The molecule has 2 aromatic rings. The van der Waals surface area contributed by atoms with Crippen molar-refractivity contribution in [2.75, 3.05) is 5.32 Å². The number of carbonyl (C=O) groups is 2. The number of nitrogens with one attached hydrogen (secondary N) is 1. The molecule has 0 spiro atoms. The first-order chi connectivity index (χ1) is 9.97. The summed E-state index contributed by atoms with van der Waals surface area (Å²) in [4.78, 5) is 23.4. The summed E-state index contributed by atoms with van der Waals surface area (Å²) < 4.78 is 1.71. The smallest absolute Gasteiger partial charge is 0.251 e. The molecule has 6 nitrogen and oxygen atoms in total. The number of anilines is 1. The maximum atomic E-state index is 12.0. The van der Waals surface area contributed by atoms with E-state index in [0.717, 1.165) is 11.1 Å². The van der Waals surface area contributed by atoms with Gasteiger partial charge >= 0.3 is 0 Å². The summed E-state index contributed by atoms with van der Waals surface area (Å²) in [5.74, 6) is -0.734. The molecule has 21 heavy (non-hydrogen) atoms. The second kappa shape index (κ2) is 6.21. The molecule has 6 heteroatoms. The largest absolute Gasteiger partial charge is 0.366 e. The maximum Gasteiger partial charge on any atom is 0.251 e. The number of hydrogen-bond acceptors (Lipinski definition) is 3. The summed E-state index contributed by atoms with van der Waals surface area (Å²) in [6.07, 6.45) is 3.88. The molecule has 0 bridgehead atoms. The minimum Gasteiger partial charge on any atom is -0.366 e. The van der Waals surface area contributed by atoms with E-state index in [1.807, 2.05) is 13.1 Å². The number of nitrogens with zero attached hydrogens (tertiary/aromatic N) is 2. The molecular formula is C15H18N4O2. The molecule has 0 saturated heterocycles. The van der Waals surface area contributed by atoms with E-state index in [1.54, 1.807) is 36.0 Å². The van der Waals surface area contributed by atoms with Crippen LogP contribution in [0.15, 0.2) is 30.6 Å². The van der Waals surface area contributed by atoms with Gasteiger partial charge in [-0.15, -0.1) is 0 Å². The Balaban J connectivity index is 2.03. The predicted molar refractivity (Wildman–Crippen MR) is 79.9 cm³/mol. The van der Waals surface area contributed by atoms with Gasteiger partial charge in [-0.1, -0.05) is 12.1 Å². The average Bonchev–Trinajstić information content (AvgIpc) is 2.82. The lowest BCUT2D eigenvalue weighted by molar-refractivity contribution is -0.116. The Morgan fingerprint density at radius 3 is 2.71 bits per heavy atom. The van der Waals surface area contributed by atoms with Crippen LogP contribution in [0, 0.1) is 13.8 Å². The van der Waals surface area contributed by atoms with Gasteiger partial charge in [0.05, 0.1) is 17.4 Å². The van der Waals surface area contributed by atoms with Crippen molar-refractivity contribution in [3.63, 3.8) is 0 Å². The minimum absolute atomic E-state index is 0.184. The zero-order valence-corrected chi connectivity index (χ0v) is 12.1. The van der Waals surface area contributed by atoms with E-state index in [1.165, 1.54) is 0 Å². The number of aromatic nitrogens is 2. The molecule has 110 valence electrons. The highest BCUT2D eigenvalue weighted by Gasteiger charge is 2.13. The summed E-state index contributed by atoms with van der Waals surface area (Å²) in [5.41, 5.74) is 7.94. The Bertz CT molecular complexity index is 676. The number of aryl methyl sites for hydroxylation is 3. The molecule has 0 aliphatic heterocycles.